The van der Waals surface area contributed by atoms with E-state index in [0.29, 0.717) is 13.1 Å². The van der Waals surface area contributed by atoms with Gasteiger partial charge in [0.15, 0.2) is 0 Å². The van der Waals surface area contributed by atoms with Gasteiger partial charge in [-0.25, -0.2) is 0 Å². The van der Waals surface area contributed by atoms with Gasteiger partial charge in [-0.15, -0.1) is 0 Å². The first-order chi connectivity index (χ1) is 11.5. The average Bonchev–Trinajstić information content (AvgIpc) is 3.13. The van der Waals surface area contributed by atoms with E-state index in [0.717, 1.165) is 42.9 Å². The van der Waals surface area contributed by atoms with Crippen molar-refractivity contribution in [2.24, 2.45) is 5.73 Å². The monoisotopic (exact) mass is 334 g/mol. The van der Waals surface area contributed by atoms with Crippen molar-refractivity contribution in [1.29, 1.82) is 0 Å². The molecule has 0 saturated carbocycles. The third kappa shape index (κ3) is 3.99. The van der Waals surface area contributed by atoms with Gasteiger partial charge in [0.1, 0.15) is 17.6 Å². The Kier molecular flexibility index (Phi) is 5.26. The smallest absolute Gasteiger partial charge is 0.231 e. The molecule has 0 spiro atoms. The summed E-state index contributed by atoms with van der Waals surface area (Å²) in [4.78, 5) is 13.5. The molecular weight excluding hydrogens is 308 g/mol. The van der Waals surface area contributed by atoms with Crippen LogP contribution in [-0.4, -0.2) is 49.8 Å². The van der Waals surface area contributed by atoms with E-state index in [4.69, 9.17) is 19.9 Å². The van der Waals surface area contributed by atoms with Crippen LogP contribution in [0.5, 0.6) is 11.5 Å². The number of primary amides is 1. The molecule has 0 aliphatic carbocycles. The number of ether oxygens (including phenoxy) is 3. The molecule has 2 atom stereocenters. The minimum Gasteiger partial charge on any atom is -0.496 e. The first kappa shape index (κ1) is 17.0. The van der Waals surface area contributed by atoms with Crippen molar-refractivity contribution < 1.29 is 19.0 Å². The van der Waals surface area contributed by atoms with Gasteiger partial charge >= 0.3 is 0 Å². The van der Waals surface area contributed by atoms with Gasteiger partial charge in [-0.05, 0) is 31.9 Å². The van der Waals surface area contributed by atoms with E-state index in [2.05, 4.69) is 6.92 Å². The number of carbonyl (C=O) groups is 1. The van der Waals surface area contributed by atoms with E-state index in [-0.39, 0.29) is 24.7 Å². The molecule has 1 saturated heterocycles. The highest BCUT2D eigenvalue weighted by Gasteiger charge is 2.24. The van der Waals surface area contributed by atoms with Crippen molar-refractivity contribution in [2.45, 2.75) is 44.9 Å². The van der Waals surface area contributed by atoms with Gasteiger partial charge in [0.05, 0.1) is 19.8 Å². The fourth-order valence-corrected chi connectivity index (χ4v) is 3.52. The van der Waals surface area contributed by atoms with Gasteiger partial charge in [0.25, 0.3) is 0 Å². The number of methoxy groups -OCH3 is 1. The van der Waals surface area contributed by atoms with E-state index in [1.54, 1.807) is 7.11 Å². The molecule has 2 heterocycles. The SMILES string of the molecule is COc1cc2c(cc1CN(CC(N)=O)C[C@H]1CCCO1)O[C@H](C)C2. The quantitative estimate of drug-likeness (QED) is 0.818. The zero-order valence-electron chi connectivity index (χ0n) is 14.4. The van der Waals surface area contributed by atoms with E-state index >= 15 is 0 Å². The molecule has 6 nitrogen and oxygen atoms in total. The normalized spacial score (nSPS) is 22.5. The Labute approximate surface area is 142 Å². The zero-order chi connectivity index (χ0) is 17.1. The van der Waals surface area contributed by atoms with Crippen LogP contribution in [-0.2, 0) is 22.5 Å². The van der Waals surface area contributed by atoms with Crippen molar-refractivity contribution in [1.82, 2.24) is 4.90 Å². The number of rotatable bonds is 7. The summed E-state index contributed by atoms with van der Waals surface area (Å²) < 4.78 is 17.1. The third-order valence-corrected chi connectivity index (χ3v) is 4.56. The van der Waals surface area contributed by atoms with Crippen LogP contribution in [0.3, 0.4) is 0 Å². The molecule has 0 unspecified atom stereocenters. The summed E-state index contributed by atoms with van der Waals surface area (Å²) in [7, 11) is 1.67. The molecule has 0 aromatic heterocycles. The molecule has 0 bridgehead atoms. The van der Waals surface area contributed by atoms with E-state index < -0.39 is 0 Å². The van der Waals surface area contributed by atoms with Crippen molar-refractivity contribution >= 4 is 5.91 Å². The zero-order valence-corrected chi connectivity index (χ0v) is 14.4. The molecule has 6 heteroatoms. The minimum absolute atomic E-state index is 0.168. The lowest BCUT2D eigenvalue weighted by atomic mass is 10.1. The summed E-state index contributed by atoms with van der Waals surface area (Å²) in [5.41, 5.74) is 7.60. The number of hydrogen-bond donors (Lipinski definition) is 1. The second-order valence-electron chi connectivity index (χ2n) is 6.68. The van der Waals surface area contributed by atoms with Crippen LogP contribution in [0.4, 0.5) is 0 Å². The lowest BCUT2D eigenvalue weighted by Gasteiger charge is -2.25. The highest BCUT2D eigenvalue weighted by atomic mass is 16.5. The fourth-order valence-electron chi connectivity index (χ4n) is 3.52. The molecule has 2 aliphatic rings. The highest BCUT2D eigenvalue weighted by molar-refractivity contribution is 5.75. The van der Waals surface area contributed by atoms with Crippen LogP contribution in [0.25, 0.3) is 0 Å². The molecule has 0 radical (unpaired) electrons. The molecule has 24 heavy (non-hydrogen) atoms. The fraction of sp³-hybridized carbons (Fsp3) is 0.611. The van der Waals surface area contributed by atoms with Gasteiger partial charge in [-0.1, -0.05) is 0 Å². The summed E-state index contributed by atoms with van der Waals surface area (Å²) in [6.07, 6.45) is 3.35. The molecule has 3 rings (SSSR count). The first-order valence-corrected chi connectivity index (χ1v) is 8.54. The lowest BCUT2D eigenvalue weighted by molar-refractivity contribution is -0.119. The second kappa shape index (κ2) is 7.40. The Hall–Kier alpha value is -1.79. The molecule has 1 fully saturated rings. The number of nitrogens with two attached hydrogens (primary N) is 1. The molecular formula is C18H26N2O4. The molecule has 2 N–H and O–H groups in total. The van der Waals surface area contributed by atoms with Crippen LogP contribution >= 0.6 is 0 Å². The number of amides is 1. The summed E-state index contributed by atoms with van der Waals surface area (Å²) in [5, 5.41) is 0. The Morgan fingerprint density at radius 2 is 2.29 bits per heavy atom. The van der Waals surface area contributed by atoms with Crippen LogP contribution in [0.15, 0.2) is 12.1 Å². The van der Waals surface area contributed by atoms with Crippen molar-refractivity contribution in [3.8, 4) is 11.5 Å². The largest absolute Gasteiger partial charge is 0.496 e. The Morgan fingerprint density at radius 3 is 2.96 bits per heavy atom. The van der Waals surface area contributed by atoms with Gasteiger partial charge in [0.2, 0.25) is 5.91 Å². The molecule has 2 aliphatic heterocycles. The Balaban J connectivity index is 1.77. The predicted molar refractivity (Wildman–Crippen MR) is 90.2 cm³/mol. The highest BCUT2D eigenvalue weighted by Crippen LogP contribution is 2.35. The topological polar surface area (TPSA) is 74.0 Å². The van der Waals surface area contributed by atoms with Gasteiger partial charge in [0, 0.05) is 37.2 Å². The Bertz CT molecular complexity index is 599. The third-order valence-electron chi connectivity index (χ3n) is 4.56. The predicted octanol–water partition coefficient (Wildman–Crippen LogP) is 1.48. The standard InChI is InChI=1S/C18H26N2O4/c1-12-6-13-7-16(22-2)14(8-17(13)24-12)9-20(11-18(19)21)10-15-4-3-5-23-15/h7-8,12,15H,3-6,9-11H2,1-2H3,(H2,19,21)/t12-,15-/m1/s1. The van der Waals surface area contributed by atoms with Gasteiger partial charge in [-0.3, -0.25) is 9.69 Å². The van der Waals surface area contributed by atoms with Crippen molar-refractivity contribution in [3.05, 3.63) is 23.3 Å². The minimum atomic E-state index is -0.335. The number of nitrogens with zero attached hydrogens (tertiary/aromatic N) is 1. The van der Waals surface area contributed by atoms with E-state index in [1.807, 2.05) is 17.0 Å². The summed E-state index contributed by atoms with van der Waals surface area (Å²) in [6.45, 7) is 4.33. The number of fused-ring (bicyclic) bond motifs is 1. The van der Waals surface area contributed by atoms with Gasteiger partial charge in [-0.2, -0.15) is 0 Å². The van der Waals surface area contributed by atoms with Crippen molar-refractivity contribution in [3.63, 3.8) is 0 Å². The molecule has 132 valence electrons. The van der Waals surface area contributed by atoms with Crippen LogP contribution in [0.1, 0.15) is 30.9 Å². The van der Waals surface area contributed by atoms with E-state index in [9.17, 15) is 4.79 Å². The number of benzene rings is 1. The molecule has 1 aromatic carbocycles. The summed E-state index contributed by atoms with van der Waals surface area (Å²) >= 11 is 0. The maximum atomic E-state index is 11.4. The average molecular weight is 334 g/mol. The first-order valence-electron chi connectivity index (χ1n) is 8.54. The van der Waals surface area contributed by atoms with Crippen LogP contribution in [0.2, 0.25) is 0 Å². The lowest BCUT2D eigenvalue weighted by Crippen LogP contribution is -2.38. The summed E-state index contributed by atoms with van der Waals surface area (Å²) in [5.74, 6) is 1.40. The van der Waals surface area contributed by atoms with Crippen LogP contribution in [0, 0.1) is 0 Å². The van der Waals surface area contributed by atoms with E-state index in [1.165, 1.54) is 5.56 Å². The number of carbonyl (C=O) groups excluding carboxylic acids is 1. The Morgan fingerprint density at radius 1 is 1.46 bits per heavy atom. The summed E-state index contributed by atoms with van der Waals surface area (Å²) in [6, 6.07) is 4.07. The molecule has 1 amide bonds. The maximum Gasteiger partial charge on any atom is 0.231 e. The molecule has 1 aromatic rings. The second-order valence-corrected chi connectivity index (χ2v) is 6.68. The van der Waals surface area contributed by atoms with Gasteiger partial charge < -0.3 is 19.9 Å². The van der Waals surface area contributed by atoms with Crippen LogP contribution < -0.4 is 15.2 Å². The van der Waals surface area contributed by atoms with Crippen molar-refractivity contribution in [2.75, 3.05) is 26.8 Å². The number of hydrogen-bond acceptors (Lipinski definition) is 5. The maximum absolute atomic E-state index is 11.4.